The molecule has 0 radical (unpaired) electrons. The second-order valence-electron chi connectivity index (χ2n) is 7.06. The number of amides is 1. The normalized spacial score (nSPS) is 13.1. The number of fused-ring (bicyclic) bond motifs is 1. The second-order valence-corrected chi connectivity index (χ2v) is 9.11. The zero-order valence-electron chi connectivity index (χ0n) is 16.7. The highest BCUT2D eigenvalue weighted by Crippen LogP contribution is 2.30. The molecular formula is C22H18F3N3O2S2. The maximum absolute atomic E-state index is 13.0. The van der Waals surface area contributed by atoms with Gasteiger partial charge in [-0.1, -0.05) is 42.1 Å². The van der Waals surface area contributed by atoms with Crippen molar-refractivity contribution in [1.29, 1.82) is 0 Å². The summed E-state index contributed by atoms with van der Waals surface area (Å²) in [7, 11) is 0. The summed E-state index contributed by atoms with van der Waals surface area (Å²) < 4.78 is 39.6. The van der Waals surface area contributed by atoms with Crippen molar-refractivity contribution >= 4 is 35.1 Å². The number of carbonyl (C=O) groups excluding carboxylic acids is 1. The summed E-state index contributed by atoms with van der Waals surface area (Å²) in [5, 5.41) is 3.03. The van der Waals surface area contributed by atoms with Crippen LogP contribution in [0.3, 0.4) is 0 Å². The molecule has 1 aromatic heterocycles. The van der Waals surface area contributed by atoms with E-state index < -0.39 is 17.6 Å². The maximum Gasteiger partial charge on any atom is 0.416 e. The van der Waals surface area contributed by atoms with Crippen molar-refractivity contribution in [1.82, 2.24) is 9.55 Å². The lowest BCUT2D eigenvalue weighted by molar-refractivity contribution is -0.137. The highest BCUT2D eigenvalue weighted by Gasteiger charge is 2.30. The first-order valence-electron chi connectivity index (χ1n) is 9.71. The van der Waals surface area contributed by atoms with Crippen LogP contribution >= 0.6 is 23.5 Å². The first kappa shape index (κ1) is 22.5. The van der Waals surface area contributed by atoms with Crippen LogP contribution in [-0.2, 0) is 23.9 Å². The number of nitrogens with one attached hydrogen (secondary N) is 1. The topological polar surface area (TPSA) is 64.0 Å². The molecule has 1 aliphatic rings. The van der Waals surface area contributed by atoms with Crippen molar-refractivity contribution in [3.8, 4) is 0 Å². The number of halogens is 3. The average Bonchev–Trinajstić information content (AvgIpc) is 3.24. The van der Waals surface area contributed by atoms with Crippen LogP contribution in [0.2, 0.25) is 0 Å². The van der Waals surface area contributed by atoms with E-state index in [-0.39, 0.29) is 17.0 Å². The summed E-state index contributed by atoms with van der Waals surface area (Å²) in [6.07, 6.45) is -3.73. The number of aryl methyl sites for hydroxylation is 1. The minimum atomic E-state index is -4.43. The van der Waals surface area contributed by atoms with Gasteiger partial charge < -0.3 is 5.32 Å². The monoisotopic (exact) mass is 477 g/mol. The average molecular weight is 478 g/mol. The van der Waals surface area contributed by atoms with E-state index in [4.69, 9.17) is 0 Å². The molecule has 0 atom stereocenters. The van der Waals surface area contributed by atoms with Crippen LogP contribution in [0.15, 0.2) is 69.4 Å². The number of anilines is 1. The molecule has 3 aromatic rings. The molecule has 0 aliphatic carbocycles. The smallest absolute Gasteiger partial charge is 0.325 e. The molecule has 1 aliphatic heterocycles. The molecule has 1 amide bonds. The Morgan fingerprint density at radius 2 is 1.84 bits per heavy atom. The van der Waals surface area contributed by atoms with Crippen LogP contribution in [0, 0.1) is 0 Å². The van der Waals surface area contributed by atoms with E-state index in [0.29, 0.717) is 23.0 Å². The lowest BCUT2D eigenvalue weighted by atomic mass is 10.2. The van der Waals surface area contributed by atoms with Crippen molar-refractivity contribution in [2.24, 2.45) is 0 Å². The molecule has 0 saturated heterocycles. The van der Waals surface area contributed by atoms with Gasteiger partial charge in [0.2, 0.25) is 5.91 Å². The third-order valence-electron chi connectivity index (χ3n) is 4.76. The molecule has 166 valence electrons. The molecule has 4 rings (SSSR count). The number of benzene rings is 2. The molecular weight excluding hydrogens is 459 g/mol. The van der Waals surface area contributed by atoms with Crippen molar-refractivity contribution in [3.63, 3.8) is 0 Å². The van der Waals surface area contributed by atoms with E-state index in [1.54, 1.807) is 4.57 Å². The fraction of sp³-hybridized carbons (Fsp3) is 0.227. The number of hydrogen-bond donors (Lipinski definition) is 1. The number of nitrogens with zero attached hydrogens (tertiary/aromatic N) is 2. The molecule has 0 unspecified atom stereocenters. The summed E-state index contributed by atoms with van der Waals surface area (Å²) in [4.78, 5) is 30.7. The van der Waals surface area contributed by atoms with Crippen LogP contribution in [0.5, 0.6) is 0 Å². The minimum Gasteiger partial charge on any atom is -0.325 e. The van der Waals surface area contributed by atoms with Crippen molar-refractivity contribution in [2.45, 2.75) is 29.2 Å². The highest BCUT2D eigenvalue weighted by molar-refractivity contribution is 8.00. The number of hydrogen-bond acceptors (Lipinski definition) is 5. The molecule has 0 bridgehead atoms. The van der Waals surface area contributed by atoms with Gasteiger partial charge in [0, 0.05) is 17.9 Å². The third-order valence-corrected chi connectivity index (χ3v) is 6.84. The number of alkyl halides is 3. The van der Waals surface area contributed by atoms with Gasteiger partial charge in [-0.05, 0) is 29.8 Å². The van der Waals surface area contributed by atoms with E-state index >= 15 is 0 Å². The van der Waals surface area contributed by atoms with Crippen molar-refractivity contribution in [2.75, 3.05) is 16.8 Å². The predicted molar refractivity (Wildman–Crippen MR) is 119 cm³/mol. The molecule has 5 nitrogen and oxygen atoms in total. The van der Waals surface area contributed by atoms with Crippen molar-refractivity contribution in [3.05, 3.63) is 81.8 Å². The second kappa shape index (κ2) is 9.41. The Kier molecular flexibility index (Phi) is 6.61. The van der Waals surface area contributed by atoms with E-state index in [1.165, 1.54) is 23.9 Å². The SMILES string of the molecule is O=C(CSc1nc2c(c(=O)n1Cc1ccccc1)SCC2)Nc1ccc(C(F)(F)F)cc1. The van der Waals surface area contributed by atoms with Gasteiger partial charge in [-0.3, -0.25) is 14.2 Å². The molecule has 0 fully saturated rings. The zero-order valence-corrected chi connectivity index (χ0v) is 18.3. The Labute approximate surface area is 190 Å². The van der Waals surface area contributed by atoms with Gasteiger partial charge in [-0.25, -0.2) is 4.98 Å². The van der Waals surface area contributed by atoms with Crippen LogP contribution in [0.4, 0.5) is 18.9 Å². The van der Waals surface area contributed by atoms with Crippen LogP contribution in [0.25, 0.3) is 0 Å². The standard InChI is InChI=1S/C22H18F3N3O2S2/c23-22(24,25)15-6-8-16(9-7-15)26-18(29)13-32-21-27-17-10-11-31-19(17)20(30)28(21)12-14-4-2-1-3-5-14/h1-9H,10-13H2,(H,26,29). The Morgan fingerprint density at radius 1 is 1.12 bits per heavy atom. The maximum atomic E-state index is 13.0. The Morgan fingerprint density at radius 3 is 2.53 bits per heavy atom. The quantitative estimate of drug-likeness (QED) is 0.412. The van der Waals surface area contributed by atoms with Crippen LogP contribution in [-0.4, -0.2) is 27.0 Å². The summed E-state index contributed by atoms with van der Waals surface area (Å²) in [5.41, 5.74) is 1.05. The molecule has 10 heteroatoms. The lowest BCUT2D eigenvalue weighted by Gasteiger charge is -2.14. The Bertz CT molecular complexity index is 1180. The Hall–Kier alpha value is -2.72. The number of rotatable bonds is 6. The Balaban J connectivity index is 1.49. The minimum absolute atomic E-state index is 0.0336. The van der Waals surface area contributed by atoms with Gasteiger partial charge >= 0.3 is 6.18 Å². The molecule has 32 heavy (non-hydrogen) atoms. The van der Waals surface area contributed by atoms with Crippen LogP contribution in [0.1, 0.15) is 16.8 Å². The van der Waals surface area contributed by atoms with E-state index in [0.717, 1.165) is 40.9 Å². The van der Waals surface area contributed by atoms with E-state index in [9.17, 15) is 22.8 Å². The van der Waals surface area contributed by atoms with E-state index in [1.807, 2.05) is 30.3 Å². The largest absolute Gasteiger partial charge is 0.416 e. The van der Waals surface area contributed by atoms with Crippen molar-refractivity contribution < 1.29 is 18.0 Å². The number of aromatic nitrogens is 2. The molecule has 0 spiro atoms. The van der Waals surface area contributed by atoms with E-state index in [2.05, 4.69) is 10.3 Å². The van der Waals surface area contributed by atoms with Gasteiger partial charge in [0.15, 0.2) is 5.16 Å². The lowest BCUT2D eigenvalue weighted by Crippen LogP contribution is -2.26. The molecule has 2 aromatic carbocycles. The summed E-state index contributed by atoms with van der Waals surface area (Å²) in [6, 6.07) is 13.8. The summed E-state index contributed by atoms with van der Waals surface area (Å²) in [5.74, 6) is 0.365. The molecule has 1 N–H and O–H groups in total. The van der Waals surface area contributed by atoms with Gasteiger partial charge in [0.05, 0.1) is 28.5 Å². The zero-order chi connectivity index (χ0) is 22.7. The van der Waals surface area contributed by atoms with Crippen LogP contribution < -0.4 is 10.9 Å². The summed E-state index contributed by atoms with van der Waals surface area (Å²) in [6.45, 7) is 0.337. The fourth-order valence-corrected chi connectivity index (χ4v) is 5.07. The van der Waals surface area contributed by atoms with Gasteiger partial charge in [-0.15, -0.1) is 11.8 Å². The first-order chi connectivity index (χ1) is 15.3. The third kappa shape index (κ3) is 5.18. The van der Waals surface area contributed by atoms with Gasteiger partial charge in [-0.2, -0.15) is 13.2 Å². The van der Waals surface area contributed by atoms with Gasteiger partial charge in [0.25, 0.3) is 5.56 Å². The first-order valence-corrected chi connectivity index (χ1v) is 11.7. The summed E-state index contributed by atoms with van der Waals surface area (Å²) >= 11 is 2.62. The fourth-order valence-electron chi connectivity index (χ4n) is 3.21. The predicted octanol–water partition coefficient (Wildman–Crippen LogP) is 4.69. The van der Waals surface area contributed by atoms with Gasteiger partial charge in [0.1, 0.15) is 0 Å². The number of thioether (sulfide) groups is 2. The molecule has 2 heterocycles. The highest BCUT2D eigenvalue weighted by atomic mass is 32.2. The molecule has 0 saturated carbocycles. The number of carbonyl (C=O) groups is 1.